The molecule has 7 heteroatoms. The van der Waals surface area contributed by atoms with E-state index in [0.717, 1.165) is 21.0 Å². The normalized spacial score (nSPS) is 14.9. The Kier molecular flexibility index (Phi) is 5.22. The molecule has 0 radical (unpaired) electrons. The van der Waals surface area contributed by atoms with Crippen LogP contribution in [0.1, 0.15) is 6.92 Å². The highest BCUT2D eigenvalue weighted by Gasteiger charge is 2.16. The number of amides is 1. The van der Waals surface area contributed by atoms with Crippen molar-refractivity contribution in [3.05, 3.63) is 53.2 Å². The lowest BCUT2D eigenvalue weighted by Gasteiger charge is -2.12. The van der Waals surface area contributed by atoms with Crippen LogP contribution in [0.2, 0.25) is 0 Å². The Balaban J connectivity index is 1.85. The van der Waals surface area contributed by atoms with Crippen LogP contribution in [0.15, 0.2) is 53.4 Å². The number of carbonyl (C=O) groups excluding carboxylic acids is 1. The lowest BCUT2D eigenvalue weighted by atomic mass is 10.1. The van der Waals surface area contributed by atoms with Gasteiger partial charge >= 0.3 is 5.91 Å². The zero-order valence-corrected chi connectivity index (χ0v) is 15.8. The van der Waals surface area contributed by atoms with Gasteiger partial charge in [0.1, 0.15) is 19.5 Å². The summed E-state index contributed by atoms with van der Waals surface area (Å²) >= 11 is 1.50. The molecule has 0 saturated heterocycles. The smallest absolute Gasteiger partial charge is 0.317 e. The summed E-state index contributed by atoms with van der Waals surface area (Å²) in [6, 6.07) is 12.4. The molecule has 0 N–H and O–H groups in total. The van der Waals surface area contributed by atoms with Crippen LogP contribution >= 0.6 is 11.3 Å². The standard InChI is InChI=1S/C20H20N2O4S/c1-2-24-10-9-22-16-8-7-14-5-3-4-6-15(14)18(16)27-20(22)21-19(23)17-13-25-11-12-26-17/h3-8,13H,2,9-12H2,1H3. The second-order valence-corrected chi connectivity index (χ2v) is 6.96. The number of benzene rings is 2. The third kappa shape index (κ3) is 3.61. The highest BCUT2D eigenvalue weighted by molar-refractivity contribution is 7.17. The highest BCUT2D eigenvalue weighted by atomic mass is 32.1. The molecule has 0 unspecified atom stereocenters. The first-order valence-electron chi connectivity index (χ1n) is 8.90. The molecule has 1 aliphatic rings. The topological polar surface area (TPSA) is 62.1 Å². The van der Waals surface area contributed by atoms with E-state index in [0.29, 0.717) is 37.8 Å². The number of rotatable bonds is 5. The highest BCUT2D eigenvalue weighted by Crippen LogP contribution is 2.27. The van der Waals surface area contributed by atoms with Crippen molar-refractivity contribution >= 4 is 38.2 Å². The fourth-order valence-electron chi connectivity index (χ4n) is 3.02. The minimum Gasteiger partial charge on any atom is -0.494 e. The lowest BCUT2D eigenvalue weighted by molar-refractivity contribution is -0.119. The fraction of sp³-hybridized carbons (Fsp3) is 0.300. The van der Waals surface area contributed by atoms with Crippen molar-refractivity contribution in [2.45, 2.75) is 13.5 Å². The van der Waals surface area contributed by atoms with Gasteiger partial charge in [0.2, 0.25) is 5.76 Å². The maximum atomic E-state index is 12.5. The molecule has 0 fully saturated rings. The summed E-state index contributed by atoms with van der Waals surface area (Å²) in [6.45, 7) is 4.59. The first-order chi connectivity index (χ1) is 13.3. The third-order valence-electron chi connectivity index (χ3n) is 4.29. The van der Waals surface area contributed by atoms with E-state index in [9.17, 15) is 4.79 Å². The average Bonchev–Trinajstić information content (AvgIpc) is 3.06. The van der Waals surface area contributed by atoms with Crippen molar-refractivity contribution in [1.82, 2.24) is 4.57 Å². The summed E-state index contributed by atoms with van der Waals surface area (Å²) < 4.78 is 19.2. The summed E-state index contributed by atoms with van der Waals surface area (Å²) in [6.07, 6.45) is 1.34. The van der Waals surface area contributed by atoms with Crippen molar-refractivity contribution < 1.29 is 19.0 Å². The van der Waals surface area contributed by atoms with Gasteiger partial charge in [-0.1, -0.05) is 41.7 Å². The number of nitrogens with zero attached hydrogens (tertiary/aromatic N) is 2. The fourth-order valence-corrected chi connectivity index (χ4v) is 4.21. The number of thiazole rings is 1. The quantitative estimate of drug-likeness (QED) is 0.634. The van der Waals surface area contributed by atoms with Crippen LogP contribution < -0.4 is 4.80 Å². The van der Waals surface area contributed by atoms with Gasteiger partial charge in [0.25, 0.3) is 0 Å². The van der Waals surface area contributed by atoms with Crippen LogP contribution in [0.4, 0.5) is 0 Å². The zero-order chi connectivity index (χ0) is 18.6. The van der Waals surface area contributed by atoms with E-state index in [4.69, 9.17) is 14.2 Å². The molecule has 140 valence electrons. The van der Waals surface area contributed by atoms with Gasteiger partial charge in [0, 0.05) is 18.5 Å². The van der Waals surface area contributed by atoms with Crippen LogP contribution in [-0.4, -0.2) is 36.9 Å². The summed E-state index contributed by atoms with van der Waals surface area (Å²) in [5.41, 5.74) is 1.04. The predicted molar refractivity (Wildman–Crippen MR) is 104 cm³/mol. The Hall–Kier alpha value is -2.64. The molecule has 0 saturated carbocycles. The van der Waals surface area contributed by atoms with Crippen LogP contribution in [0, 0.1) is 0 Å². The Morgan fingerprint density at radius 2 is 2.15 bits per heavy atom. The van der Waals surface area contributed by atoms with E-state index in [1.54, 1.807) is 0 Å². The molecule has 2 aromatic carbocycles. The number of hydrogen-bond acceptors (Lipinski definition) is 5. The van der Waals surface area contributed by atoms with E-state index in [-0.39, 0.29) is 5.76 Å². The van der Waals surface area contributed by atoms with Crippen LogP contribution in [0.3, 0.4) is 0 Å². The summed E-state index contributed by atoms with van der Waals surface area (Å²) in [5.74, 6) is -0.296. The maximum absolute atomic E-state index is 12.5. The van der Waals surface area contributed by atoms with Gasteiger partial charge in [-0.25, -0.2) is 0 Å². The van der Waals surface area contributed by atoms with Gasteiger partial charge in [-0.3, -0.25) is 4.79 Å². The second-order valence-electron chi connectivity index (χ2n) is 5.99. The molecule has 0 aliphatic carbocycles. The van der Waals surface area contributed by atoms with Gasteiger partial charge in [-0.15, -0.1) is 0 Å². The van der Waals surface area contributed by atoms with Crippen molar-refractivity contribution in [2.75, 3.05) is 26.4 Å². The number of aromatic nitrogens is 1. The predicted octanol–water partition coefficient (Wildman–Crippen LogP) is 3.21. The largest absolute Gasteiger partial charge is 0.494 e. The first kappa shape index (κ1) is 17.8. The minimum absolute atomic E-state index is 0.139. The summed E-state index contributed by atoms with van der Waals surface area (Å²) in [7, 11) is 0. The Morgan fingerprint density at radius 1 is 1.26 bits per heavy atom. The Labute approximate surface area is 160 Å². The Morgan fingerprint density at radius 3 is 2.96 bits per heavy atom. The van der Waals surface area contributed by atoms with Crippen molar-refractivity contribution in [2.24, 2.45) is 4.99 Å². The molecule has 3 aromatic rings. The number of fused-ring (bicyclic) bond motifs is 3. The number of carbonyl (C=O) groups is 1. The molecule has 1 aliphatic heterocycles. The zero-order valence-electron chi connectivity index (χ0n) is 15.0. The number of ether oxygens (including phenoxy) is 3. The van der Waals surface area contributed by atoms with Crippen molar-refractivity contribution in [1.29, 1.82) is 0 Å². The van der Waals surface area contributed by atoms with Gasteiger partial charge in [0.15, 0.2) is 4.80 Å². The average molecular weight is 384 g/mol. The van der Waals surface area contributed by atoms with Crippen LogP contribution in [-0.2, 0) is 25.5 Å². The minimum atomic E-state index is -0.435. The molecule has 0 spiro atoms. The molecule has 0 bridgehead atoms. The SMILES string of the molecule is CCOCCn1c(=NC(=O)C2=COCCO2)sc2c3ccccc3ccc21. The van der Waals surface area contributed by atoms with E-state index in [1.165, 1.54) is 17.6 Å². The molecule has 6 nitrogen and oxygen atoms in total. The molecule has 2 heterocycles. The molecular formula is C20H20N2O4S. The molecule has 1 aromatic heterocycles. The number of hydrogen-bond donors (Lipinski definition) is 0. The van der Waals surface area contributed by atoms with Crippen molar-refractivity contribution in [3.8, 4) is 0 Å². The first-order valence-corrected chi connectivity index (χ1v) is 9.72. The Bertz CT molecular complexity index is 1080. The van der Waals surface area contributed by atoms with Gasteiger partial charge in [0.05, 0.1) is 16.8 Å². The summed E-state index contributed by atoms with van der Waals surface area (Å²) in [5, 5.41) is 2.31. The third-order valence-corrected chi connectivity index (χ3v) is 5.42. The van der Waals surface area contributed by atoms with Crippen LogP contribution in [0.25, 0.3) is 21.0 Å². The van der Waals surface area contributed by atoms with E-state index < -0.39 is 5.91 Å². The maximum Gasteiger partial charge on any atom is 0.317 e. The summed E-state index contributed by atoms with van der Waals surface area (Å²) in [4.78, 5) is 17.5. The van der Waals surface area contributed by atoms with Gasteiger partial charge in [-0.05, 0) is 18.4 Å². The van der Waals surface area contributed by atoms with E-state index in [2.05, 4.69) is 29.3 Å². The van der Waals surface area contributed by atoms with E-state index >= 15 is 0 Å². The molecule has 4 rings (SSSR count). The van der Waals surface area contributed by atoms with Gasteiger partial charge in [-0.2, -0.15) is 4.99 Å². The molecule has 0 atom stereocenters. The molecular weight excluding hydrogens is 364 g/mol. The second kappa shape index (κ2) is 7.94. The lowest BCUT2D eigenvalue weighted by Crippen LogP contribution is -2.21. The van der Waals surface area contributed by atoms with E-state index in [1.807, 2.05) is 23.6 Å². The van der Waals surface area contributed by atoms with Crippen LogP contribution in [0.5, 0.6) is 0 Å². The molecule has 1 amide bonds. The molecule has 27 heavy (non-hydrogen) atoms. The van der Waals surface area contributed by atoms with Gasteiger partial charge < -0.3 is 18.8 Å². The van der Waals surface area contributed by atoms with Crippen molar-refractivity contribution in [3.63, 3.8) is 0 Å². The monoisotopic (exact) mass is 384 g/mol.